The Hall–Kier alpha value is -2.70. The maximum Gasteiger partial charge on any atom is 0.252 e. The molecule has 2 aromatic carbocycles. The molecule has 0 N–H and O–H groups in total. The summed E-state index contributed by atoms with van der Waals surface area (Å²) in [6.07, 6.45) is 1.20. The molecule has 0 aliphatic heterocycles. The maximum absolute atomic E-state index is 13.1. The van der Waals surface area contributed by atoms with Gasteiger partial charge >= 0.3 is 0 Å². The number of carbonyl (C=O) groups excluding carboxylic acids is 1. The van der Waals surface area contributed by atoms with Crippen LogP contribution in [0.4, 0.5) is 5.69 Å². The molecule has 0 aliphatic carbocycles. The van der Waals surface area contributed by atoms with Crippen molar-refractivity contribution in [1.29, 1.82) is 0 Å². The Kier molecular flexibility index (Phi) is 5.35. The molecule has 0 saturated heterocycles. The van der Waals surface area contributed by atoms with E-state index in [2.05, 4.69) is 0 Å². The van der Waals surface area contributed by atoms with E-state index in [9.17, 15) is 13.2 Å². The molecule has 1 amide bonds. The molecule has 0 atom stereocenters. The van der Waals surface area contributed by atoms with Gasteiger partial charge in [-0.05, 0) is 35.7 Å². The van der Waals surface area contributed by atoms with Gasteiger partial charge in [0.1, 0.15) is 0 Å². The number of hydrogen-bond acceptors (Lipinski definition) is 4. The Balaban J connectivity index is 2.05. The zero-order chi connectivity index (χ0) is 18.6. The Morgan fingerprint density at radius 2 is 1.54 bits per heavy atom. The molecule has 0 aliphatic rings. The number of thiophene rings is 1. The van der Waals surface area contributed by atoms with Crippen LogP contribution in [-0.2, 0) is 14.6 Å². The van der Waals surface area contributed by atoms with Crippen molar-refractivity contribution < 1.29 is 13.2 Å². The fourth-order valence-electron chi connectivity index (χ4n) is 2.41. The Morgan fingerprint density at radius 1 is 0.923 bits per heavy atom. The lowest BCUT2D eigenvalue weighted by molar-refractivity contribution is -0.113. The average Bonchev–Trinajstić information content (AvgIpc) is 3.20. The van der Waals surface area contributed by atoms with E-state index in [1.165, 1.54) is 34.4 Å². The van der Waals surface area contributed by atoms with Crippen molar-refractivity contribution in [3.05, 3.63) is 89.1 Å². The highest BCUT2D eigenvalue weighted by Crippen LogP contribution is 2.31. The molecule has 0 radical (unpaired) electrons. The highest BCUT2D eigenvalue weighted by atomic mass is 32.2. The van der Waals surface area contributed by atoms with Crippen molar-refractivity contribution in [3.63, 3.8) is 0 Å². The van der Waals surface area contributed by atoms with Crippen LogP contribution in [0.5, 0.6) is 0 Å². The normalized spacial score (nSPS) is 12.0. The number of anilines is 1. The number of amides is 1. The van der Waals surface area contributed by atoms with Gasteiger partial charge in [0.15, 0.2) is 0 Å². The van der Waals surface area contributed by atoms with E-state index < -0.39 is 15.7 Å². The number of sulfone groups is 1. The number of nitrogens with zero attached hydrogens (tertiary/aromatic N) is 1. The van der Waals surface area contributed by atoms with Gasteiger partial charge < -0.3 is 4.90 Å². The van der Waals surface area contributed by atoms with Gasteiger partial charge in [-0.15, -0.1) is 11.3 Å². The van der Waals surface area contributed by atoms with Crippen molar-refractivity contribution >= 4 is 37.7 Å². The minimum atomic E-state index is -3.81. The molecule has 3 rings (SSSR count). The predicted octanol–water partition coefficient (Wildman–Crippen LogP) is 4.23. The molecule has 6 heteroatoms. The first kappa shape index (κ1) is 18.1. The predicted molar refractivity (Wildman–Crippen MR) is 106 cm³/mol. The number of rotatable bonds is 5. The highest BCUT2D eigenvalue weighted by Gasteiger charge is 2.25. The monoisotopic (exact) mass is 383 g/mol. The second-order valence-corrected chi connectivity index (χ2v) is 8.40. The maximum atomic E-state index is 13.1. The van der Waals surface area contributed by atoms with Gasteiger partial charge in [0.05, 0.1) is 9.80 Å². The summed E-state index contributed by atoms with van der Waals surface area (Å²) in [4.78, 5) is 14.8. The molecule has 1 heterocycles. The second kappa shape index (κ2) is 7.68. The Bertz CT molecular complexity index is 1010. The van der Waals surface area contributed by atoms with Crippen molar-refractivity contribution in [2.24, 2.45) is 0 Å². The molecule has 132 valence electrons. The molecule has 0 saturated carbocycles. The van der Waals surface area contributed by atoms with Gasteiger partial charge in [0.25, 0.3) is 5.91 Å². The van der Waals surface area contributed by atoms with Crippen molar-refractivity contribution in [2.45, 2.75) is 4.90 Å². The van der Waals surface area contributed by atoms with Crippen LogP contribution in [0.2, 0.25) is 0 Å². The average molecular weight is 383 g/mol. The quantitative estimate of drug-likeness (QED) is 0.620. The number of hydrogen-bond donors (Lipinski definition) is 0. The zero-order valence-corrected chi connectivity index (χ0v) is 15.7. The molecular formula is C20H17NO3S2. The largest absolute Gasteiger partial charge is 0.312 e. The summed E-state index contributed by atoms with van der Waals surface area (Å²) in [5.41, 5.74) is 0.691. The third-order valence-corrected chi connectivity index (χ3v) is 6.68. The van der Waals surface area contributed by atoms with E-state index in [-0.39, 0.29) is 9.80 Å². The fraction of sp³-hybridized carbons (Fsp3) is 0.0500. The van der Waals surface area contributed by atoms with Crippen LogP contribution >= 0.6 is 11.3 Å². The molecule has 4 nitrogen and oxygen atoms in total. The van der Waals surface area contributed by atoms with Crippen molar-refractivity contribution in [3.8, 4) is 0 Å². The van der Waals surface area contributed by atoms with E-state index in [1.54, 1.807) is 54.9 Å². The van der Waals surface area contributed by atoms with Crippen LogP contribution in [0.25, 0.3) is 4.91 Å². The van der Waals surface area contributed by atoms with Crippen LogP contribution in [0.3, 0.4) is 0 Å². The Labute approximate surface area is 157 Å². The van der Waals surface area contributed by atoms with Gasteiger partial charge in [0, 0.05) is 23.7 Å². The van der Waals surface area contributed by atoms with Gasteiger partial charge in [-0.25, -0.2) is 8.42 Å². The standard InChI is InChI=1S/C20H17NO3S2/c1-21(16-9-4-2-5-10-16)20(22)15-19(18-13-8-14-25-18)26(23,24)17-11-6-3-7-12-17/h2-15H,1H3/b19-15+. The molecular weight excluding hydrogens is 366 g/mol. The van der Waals surface area contributed by atoms with Crippen LogP contribution in [-0.4, -0.2) is 21.4 Å². The van der Waals surface area contributed by atoms with E-state index in [0.717, 1.165) is 0 Å². The number of likely N-dealkylation sites (N-methyl/N-ethyl adjacent to an activating group) is 1. The summed E-state index contributed by atoms with van der Waals surface area (Å²) in [6, 6.07) is 20.7. The van der Waals surface area contributed by atoms with Gasteiger partial charge in [-0.3, -0.25) is 4.79 Å². The minimum absolute atomic E-state index is 0.00600. The summed E-state index contributed by atoms with van der Waals surface area (Å²) in [5, 5.41) is 1.79. The first-order valence-corrected chi connectivity index (χ1v) is 10.2. The van der Waals surface area contributed by atoms with E-state index in [4.69, 9.17) is 0 Å². The summed E-state index contributed by atoms with van der Waals surface area (Å²) in [6.45, 7) is 0. The van der Waals surface area contributed by atoms with E-state index in [1.807, 2.05) is 18.2 Å². The minimum Gasteiger partial charge on any atom is -0.312 e. The zero-order valence-electron chi connectivity index (χ0n) is 14.1. The third kappa shape index (κ3) is 3.76. The van der Waals surface area contributed by atoms with E-state index in [0.29, 0.717) is 10.6 Å². The fourth-order valence-corrected chi connectivity index (χ4v) is 4.88. The lowest BCUT2D eigenvalue weighted by Crippen LogP contribution is -2.24. The summed E-state index contributed by atoms with van der Waals surface area (Å²) in [5.74, 6) is -0.404. The van der Waals surface area contributed by atoms with Crippen LogP contribution < -0.4 is 4.90 Å². The first-order valence-electron chi connectivity index (χ1n) is 7.88. The number of carbonyl (C=O) groups is 1. The highest BCUT2D eigenvalue weighted by molar-refractivity contribution is 8.01. The van der Waals surface area contributed by atoms with E-state index >= 15 is 0 Å². The molecule has 0 unspecified atom stereocenters. The first-order chi connectivity index (χ1) is 12.5. The SMILES string of the molecule is CN(C(=O)/C=C(\c1cccs1)S(=O)(=O)c1ccccc1)c1ccccc1. The molecule has 0 bridgehead atoms. The van der Waals surface area contributed by atoms with Crippen LogP contribution in [0.15, 0.2) is 89.1 Å². The van der Waals surface area contributed by atoms with Gasteiger partial charge in [0.2, 0.25) is 9.84 Å². The van der Waals surface area contributed by atoms with Gasteiger partial charge in [-0.1, -0.05) is 42.5 Å². The van der Waals surface area contributed by atoms with Crippen molar-refractivity contribution in [2.75, 3.05) is 11.9 Å². The number of benzene rings is 2. The van der Waals surface area contributed by atoms with Gasteiger partial charge in [-0.2, -0.15) is 0 Å². The van der Waals surface area contributed by atoms with Crippen molar-refractivity contribution in [1.82, 2.24) is 0 Å². The molecule has 26 heavy (non-hydrogen) atoms. The molecule has 0 spiro atoms. The summed E-state index contributed by atoms with van der Waals surface area (Å²) in [7, 11) is -2.19. The smallest absolute Gasteiger partial charge is 0.252 e. The number of para-hydroxylation sites is 1. The Morgan fingerprint density at radius 3 is 2.12 bits per heavy atom. The molecule has 3 aromatic rings. The topological polar surface area (TPSA) is 54.5 Å². The third-order valence-electron chi connectivity index (χ3n) is 3.84. The lowest BCUT2D eigenvalue weighted by atomic mass is 10.3. The second-order valence-electron chi connectivity index (χ2n) is 5.54. The van der Waals surface area contributed by atoms with Crippen LogP contribution in [0.1, 0.15) is 4.88 Å². The summed E-state index contributed by atoms with van der Waals surface area (Å²) >= 11 is 1.28. The summed E-state index contributed by atoms with van der Waals surface area (Å²) < 4.78 is 26.2. The molecule has 0 fully saturated rings. The molecule has 1 aromatic heterocycles. The lowest BCUT2D eigenvalue weighted by Gasteiger charge is -2.16. The van der Waals surface area contributed by atoms with Crippen LogP contribution in [0, 0.1) is 0 Å².